The van der Waals surface area contributed by atoms with Gasteiger partial charge in [-0.1, -0.05) is 37.2 Å². The quantitative estimate of drug-likeness (QED) is 0.736. The summed E-state index contributed by atoms with van der Waals surface area (Å²) in [5, 5.41) is 5.66. The molecular weight excluding hydrogens is 401 g/mol. The molecule has 9 heteroatoms. The van der Waals surface area contributed by atoms with E-state index in [0.29, 0.717) is 5.69 Å². The molecule has 28 heavy (non-hydrogen) atoms. The SMILES string of the molecule is CCCCc1ccc(NC(=O)CSC2=NS(=O)(=O)c3cc(F)ccc3N2)cc1. The van der Waals surface area contributed by atoms with Gasteiger partial charge in [-0.15, -0.1) is 4.40 Å². The average molecular weight is 422 g/mol. The third kappa shape index (κ3) is 5.11. The second-order valence-electron chi connectivity index (χ2n) is 6.27. The number of rotatable bonds is 6. The van der Waals surface area contributed by atoms with E-state index in [1.165, 1.54) is 11.6 Å². The molecule has 2 aromatic carbocycles. The van der Waals surface area contributed by atoms with Crippen LogP contribution in [-0.2, 0) is 21.2 Å². The number of nitrogens with zero attached hydrogens (tertiary/aromatic N) is 1. The molecule has 1 aliphatic heterocycles. The van der Waals surface area contributed by atoms with Gasteiger partial charge in [0, 0.05) is 5.69 Å². The fourth-order valence-electron chi connectivity index (χ4n) is 2.64. The van der Waals surface area contributed by atoms with Gasteiger partial charge in [-0.25, -0.2) is 4.39 Å². The highest BCUT2D eigenvalue weighted by Crippen LogP contribution is 2.30. The molecule has 3 rings (SSSR count). The Bertz CT molecular complexity index is 1010. The normalized spacial score (nSPS) is 14.6. The van der Waals surface area contributed by atoms with Gasteiger partial charge in [0.25, 0.3) is 10.0 Å². The second-order valence-corrected chi connectivity index (χ2v) is 8.81. The number of fused-ring (bicyclic) bond motifs is 1. The Balaban J connectivity index is 1.58. The summed E-state index contributed by atoms with van der Waals surface area (Å²) in [5.74, 6) is -0.955. The molecule has 0 unspecified atom stereocenters. The van der Waals surface area contributed by atoms with Crippen molar-refractivity contribution >= 4 is 44.2 Å². The van der Waals surface area contributed by atoms with Gasteiger partial charge in [-0.2, -0.15) is 8.42 Å². The van der Waals surface area contributed by atoms with Crippen molar-refractivity contribution in [3.05, 3.63) is 53.8 Å². The summed E-state index contributed by atoms with van der Waals surface area (Å²) < 4.78 is 41.2. The molecule has 0 spiro atoms. The first kappa shape index (κ1) is 20.3. The zero-order valence-electron chi connectivity index (χ0n) is 15.2. The van der Waals surface area contributed by atoms with Crippen molar-refractivity contribution in [1.82, 2.24) is 0 Å². The lowest BCUT2D eigenvalue weighted by Gasteiger charge is -2.17. The zero-order chi connectivity index (χ0) is 20.1. The number of nitrogens with one attached hydrogen (secondary N) is 2. The van der Waals surface area contributed by atoms with Crippen LogP contribution in [0, 0.1) is 5.82 Å². The van der Waals surface area contributed by atoms with Gasteiger partial charge in [-0.3, -0.25) is 4.79 Å². The molecule has 148 valence electrons. The van der Waals surface area contributed by atoms with Gasteiger partial charge >= 0.3 is 0 Å². The molecule has 0 saturated carbocycles. The molecule has 2 N–H and O–H groups in total. The Morgan fingerprint density at radius 2 is 1.96 bits per heavy atom. The number of thioether (sulfide) groups is 1. The number of hydrogen-bond acceptors (Lipinski definition) is 5. The Morgan fingerprint density at radius 3 is 2.68 bits per heavy atom. The van der Waals surface area contributed by atoms with Crippen LogP contribution in [0.3, 0.4) is 0 Å². The molecular formula is C19H20FN3O3S2. The number of aryl methyl sites for hydroxylation is 1. The molecule has 0 radical (unpaired) electrons. The number of anilines is 2. The Kier molecular flexibility index (Phi) is 6.35. The lowest BCUT2D eigenvalue weighted by Crippen LogP contribution is -2.22. The van der Waals surface area contributed by atoms with Gasteiger partial charge in [0.1, 0.15) is 10.7 Å². The van der Waals surface area contributed by atoms with Crippen LogP contribution in [0.25, 0.3) is 0 Å². The fourth-order valence-corrected chi connectivity index (χ4v) is 4.69. The van der Waals surface area contributed by atoms with E-state index in [0.717, 1.165) is 43.2 Å². The molecule has 0 atom stereocenters. The molecule has 1 aliphatic rings. The summed E-state index contributed by atoms with van der Waals surface area (Å²) in [4.78, 5) is 11.9. The van der Waals surface area contributed by atoms with Gasteiger partial charge in [-0.05, 0) is 48.7 Å². The van der Waals surface area contributed by atoms with E-state index in [4.69, 9.17) is 0 Å². The van der Waals surface area contributed by atoms with Gasteiger partial charge in [0.05, 0.1) is 11.4 Å². The highest BCUT2D eigenvalue weighted by Gasteiger charge is 2.26. The van der Waals surface area contributed by atoms with Crippen molar-refractivity contribution in [1.29, 1.82) is 0 Å². The first-order chi connectivity index (χ1) is 13.4. The molecule has 0 aromatic heterocycles. The molecule has 1 heterocycles. The maximum Gasteiger partial charge on any atom is 0.286 e. The number of sulfonamides is 1. The lowest BCUT2D eigenvalue weighted by atomic mass is 10.1. The minimum atomic E-state index is -4.00. The number of hydrogen-bond donors (Lipinski definition) is 2. The Hall–Kier alpha value is -2.39. The number of carbonyl (C=O) groups is 1. The molecule has 0 bridgehead atoms. The van der Waals surface area contributed by atoms with E-state index in [1.54, 1.807) is 0 Å². The molecule has 6 nitrogen and oxygen atoms in total. The highest BCUT2D eigenvalue weighted by atomic mass is 32.2. The van der Waals surface area contributed by atoms with E-state index in [9.17, 15) is 17.6 Å². The molecule has 0 aliphatic carbocycles. The number of unbranched alkanes of at least 4 members (excludes halogenated alkanes) is 1. The van der Waals surface area contributed by atoms with Crippen LogP contribution in [0.1, 0.15) is 25.3 Å². The molecule has 0 saturated heterocycles. The van der Waals surface area contributed by atoms with Crippen molar-refractivity contribution in [3.8, 4) is 0 Å². The van der Waals surface area contributed by atoms with Crippen molar-refractivity contribution in [2.24, 2.45) is 4.40 Å². The Labute approximate surface area is 167 Å². The van der Waals surface area contributed by atoms with Crippen molar-refractivity contribution in [2.45, 2.75) is 31.1 Å². The standard InChI is InChI=1S/C19H20FN3O3S2/c1-2-3-4-13-5-8-15(9-6-13)21-18(24)12-27-19-22-16-10-7-14(20)11-17(16)28(25,26)23-19/h5-11H,2-4,12H2,1H3,(H,21,24)(H,22,23). The van der Waals surface area contributed by atoms with Crippen LogP contribution < -0.4 is 10.6 Å². The van der Waals surface area contributed by atoms with E-state index >= 15 is 0 Å². The average Bonchev–Trinajstić information content (AvgIpc) is 2.66. The van der Waals surface area contributed by atoms with Crippen LogP contribution in [-0.4, -0.2) is 25.2 Å². The number of carbonyl (C=O) groups excluding carboxylic acids is 1. The van der Waals surface area contributed by atoms with Crippen LogP contribution in [0.4, 0.5) is 15.8 Å². The minimum Gasteiger partial charge on any atom is -0.333 e. The summed E-state index contributed by atoms with van der Waals surface area (Å²) in [6, 6.07) is 11.1. The fraction of sp³-hybridized carbons (Fsp3) is 0.263. The predicted octanol–water partition coefficient (Wildman–Crippen LogP) is 4.01. The minimum absolute atomic E-state index is 0.0184. The summed E-state index contributed by atoms with van der Waals surface area (Å²) in [7, 11) is -4.00. The monoisotopic (exact) mass is 421 g/mol. The number of amidine groups is 1. The first-order valence-electron chi connectivity index (χ1n) is 8.80. The highest BCUT2D eigenvalue weighted by molar-refractivity contribution is 8.15. The van der Waals surface area contributed by atoms with E-state index < -0.39 is 15.8 Å². The summed E-state index contributed by atoms with van der Waals surface area (Å²) in [6.07, 6.45) is 3.25. The van der Waals surface area contributed by atoms with Crippen LogP contribution >= 0.6 is 11.8 Å². The molecule has 2 aromatic rings. The van der Waals surface area contributed by atoms with Crippen molar-refractivity contribution in [2.75, 3.05) is 16.4 Å². The maximum atomic E-state index is 13.3. The van der Waals surface area contributed by atoms with Crippen LogP contribution in [0.2, 0.25) is 0 Å². The largest absolute Gasteiger partial charge is 0.333 e. The number of benzene rings is 2. The lowest BCUT2D eigenvalue weighted by molar-refractivity contribution is -0.113. The van der Waals surface area contributed by atoms with Gasteiger partial charge in [0.15, 0.2) is 5.17 Å². The van der Waals surface area contributed by atoms with E-state index in [-0.39, 0.29) is 27.4 Å². The number of amides is 1. The smallest absolute Gasteiger partial charge is 0.286 e. The van der Waals surface area contributed by atoms with Gasteiger partial charge < -0.3 is 10.6 Å². The molecule has 0 fully saturated rings. The topological polar surface area (TPSA) is 87.6 Å². The van der Waals surface area contributed by atoms with Crippen molar-refractivity contribution < 1.29 is 17.6 Å². The molecule has 1 amide bonds. The summed E-state index contributed by atoms with van der Waals surface area (Å²) >= 11 is 0.963. The van der Waals surface area contributed by atoms with E-state index in [2.05, 4.69) is 22.0 Å². The van der Waals surface area contributed by atoms with E-state index in [1.807, 2.05) is 24.3 Å². The Morgan fingerprint density at radius 1 is 1.21 bits per heavy atom. The zero-order valence-corrected chi connectivity index (χ0v) is 16.9. The van der Waals surface area contributed by atoms with Crippen LogP contribution in [0.15, 0.2) is 51.8 Å². The first-order valence-corrected chi connectivity index (χ1v) is 11.2. The number of halogens is 1. The third-order valence-electron chi connectivity index (χ3n) is 4.06. The maximum absolute atomic E-state index is 13.3. The predicted molar refractivity (Wildman–Crippen MR) is 111 cm³/mol. The second kappa shape index (κ2) is 8.74. The van der Waals surface area contributed by atoms with Crippen LogP contribution in [0.5, 0.6) is 0 Å². The third-order valence-corrected chi connectivity index (χ3v) is 6.37. The summed E-state index contributed by atoms with van der Waals surface area (Å²) in [5.41, 5.74) is 2.13. The van der Waals surface area contributed by atoms with Crippen molar-refractivity contribution in [3.63, 3.8) is 0 Å². The van der Waals surface area contributed by atoms with Gasteiger partial charge in [0.2, 0.25) is 5.91 Å². The summed E-state index contributed by atoms with van der Waals surface area (Å²) in [6.45, 7) is 2.14.